The fraction of sp³-hybridized carbons (Fsp3) is 0.556. The van der Waals surface area contributed by atoms with E-state index in [-0.39, 0.29) is 38.1 Å². The highest BCUT2D eigenvalue weighted by Crippen LogP contribution is 2.11. The number of aryl methyl sites for hydroxylation is 1. The maximum Gasteiger partial charge on any atom is 0.234 e. The number of aliphatic hydroxyl groups is 1. The largest absolute Gasteiger partial charge is 0.491 e. The topological polar surface area (TPSA) is 143 Å². The number of carbonyl (C=O) groups is 2. The third-order valence-electron chi connectivity index (χ3n) is 3.60. The third-order valence-corrected chi connectivity index (χ3v) is 3.60. The van der Waals surface area contributed by atoms with E-state index in [0.717, 1.165) is 5.56 Å². The van der Waals surface area contributed by atoms with E-state index in [4.69, 9.17) is 16.2 Å². The van der Waals surface area contributed by atoms with Crippen molar-refractivity contribution >= 4 is 11.8 Å². The van der Waals surface area contributed by atoms with E-state index < -0.39 is 6.10 Å². The van der Waals surface area contributed by atoms with Crippen LogP contribution in [0.4, 0.5) is 0 Å². The van der Waals surface area contributed by atoms with Crippen LogP contribution < -0.4 is 26.8 Å². The molecule has 152 valence electrons. The number of amides is 2. The average molecular weight is 381 g/mol. The summed E-state index contributed by atoms with van der Waals surface area (Å²) in [5.74, 6) is 0.116. The van der Waals surface area contributed by atoms with E-state index in [2.05, 4.69) is 10.6 Å². The summed E-state index contributed by atoms with van der Waals surface area (Å²) in [4.78, 5) is 25.4. The summed E-state index contributed by atoms with van der Waals surface area (Å²) in [5.41, 5.74) is 11.8. The van der Waals surface area contributed by atoms with Crippen LogP contribution in [0.15, 0.2) is 24.3 Å². The second-order valence-electron chi connectivity index (χ2n) is 6.22. The minimum absolute atomic E-state index is 0.0301. The van der Waals surface area contributed by atoms with Crippen molar-refractivity contribution in [2.45, 2.75) is 13.0 Å². The van der Waals surface area contributed by atoms with Crippen molar-refractivity contribution in [3.63, 3.8) is 0 Å². The Kier molecular flexibility index (Phi) is 11.0. The zero-order valence-electron chi connectivity index (χ0n) is 15.8. The van der Waals surface area contributed by atoms with Gasteiger partial charge in [-0.3, -0.25) is 14.5 Å². The van der Waals surface area contributed by atoms with Crippen molar-refractivity contribution in [1.29, 1.82) is 0 Å². The first-order valence-electron chi connectivity index (χ1n) is 8.98. The molecule has 0 aromatic heterocycles. The Morgan fingerprint density at radius 2 is 1.59 bits per heavy atom. The highest BCUT2D eigenvalue weighted by molar-refractivity contribution is 5.81. The van der Waals surface area contributed by atoms with Crippen molar-refractivity contribution < 1.29 is 19.4 Å². The lowest BCUT2D eigenvalue weighted by atomic mass is 10.2. The van der Waals surface area contributed by atoms with Crippen LogP contribution in [0.25, 0.3) is 0 Å². The predicted octanol–water partition coefficient (Wildman–Crippen LogP) is -1.81. The summed E-state index contributed by atoms with van der Waals surface area (Å²) < 4.78 is 5.55. The first-order chi connectivity index (χ1) is 12.9. The molecule has 1 aromatic carbocycles. The Labute approximate surface area is 160 Å². The molecule has 9 heteroatoms. The van der Waals surface area contributed by atoms with Crippen molar-refractivity contribution in [2.24, 2.45) is 11.5 Å². The summed E-state index contributed by atoms with van der Waals surface area (Å²) in [6, 6.07) is 7.47. The van der Waals surface area contributed by atoms with Gasteiger partial charge in [-0.1, -0.05) is 17.7 Å². The highest BCUT2D eigenvalue weighted by atomic mass is 16.5. The van der Waals surface area contributed by atoms with Crippen LogP contribution in [0.5, 0.6) is 5.75 Å². The molecule has 9 nitrogen and oxygen atoms in total. The van der Waals surface area contributed by atoms with Gasteiger partial charge in [-0.05, 0) is 19.1 Å². The van der Waals surface area contributed by atoms with Gasteiger partial charge in [0.2, 0.25) is 11.8 Å². The number of benzene rings is 1. The molecule has 0 saturated heterocycles. The molecule has 7 N–H and O–H groups in total. The zero-order valence-corrected chi connectivity index (χ0v) is 15.8. The van der Waals surface area contributed by atoms with Gasteiger partial charge in [0.15, 0.2) is 0 Å². The van der Waals surface area contributed by atoms with Gasteiger partial charge in [-0.2, -0.15) is 0 Å². The fourth-order valence-electron chi connectivity index (χ4n) is 2.30. The molecule has 1 rings (SSSR count). The van der Waals surface area contributed by atoms with Crippen LogP contribution in [0.2, 0.25) is 0 Å². The van der Waals surface area contributed by atoms with Gasteiger partial charge >= 0.3 is 0 Å². The number of rotatable bonds is 13. The Balaban J connectivity index is 2.54. The molecule has 0 bridgehead atoms. The van der Waals surface area contributed by atoms with E-state index in [9.17, 15) is 14.7 Å². The fourth-order valence-corrected chi connectivity index (χ4v) is 2.30. The summed E-state index contributed by atoms with van der Waals surface area (Å²) in [5, 5.41) is 15.5. The van der Waals surface area contributed by atoms with Crippen molar-refractivity contribution in [3.05, 3.63) is 29.8 Å². The number of aliphatic hydroxyl groups excluding tert-OH is 1. The smallest absolute Gasteiger partial charge is 0.234 e. The number of carbonyl (C=O) groups excluding carboxylic acids is 2. The van der Waals surface area contributed by atoms with E-state index in [1.165, 1.54) is 0 Å². The minimum atomic E-state index is -0.865. The molecule has 0 aliphatic rings. The van der Waals surface area contributed by atoms with Crippen molar-refractivity contribution in [2.75, 3.05) is 52.4 Å². The van der Waals surface area contributed by atoms with E-state index in [0.29, 0.717) is 31.9 Å². The molecule has 0 spiro atoms. The Morgan fingerprint density at radius 3 is 2.07 bits per heavy atom. The highest BCUT2D eigenvalue weighted by Gasteiger charge is 2.18. The number of ether oxygens (including phenoxy) is 1. The quantitative estimate of drug-likeness (QED) is 0.271. The molecule has 0 fully saturated rings. The van der Waals surface area contributed by atoms with Gasteiger partial charge in [0.1, 0.15) is 18.5 Å². The maximum absolute atomic E-state index is 11.9. The molecular formula is C18H31N5O4. The Morgan fingerprint density at radius 1 is 1.07 bits per heavy atom. The third kappa shape index (κ3) is 10.5. The zero-order chi connectivity index (χ0) is 20.1. The summed E-state index contributed by atoms with van der Waals surface area (Å²) in [6.45, 7) is 3.44. The number of nitrogens with two attached hydrogens (primary N) is 2. The van der Waals surface area contributed by atoms with Gasteiger partial charge < -0.3 is 31.9 Å². The molecular weight excluding hydrogens is 350 g/mol. The lowest BCUT2D eigenvalue weighted by molar-refractivity contribution is -0.125. The van der Waals surface area contributed by atoms with Gasteiger partial charge in [0.25, 0.3) is 0 Å². The van der Waals surface area contributed by atoms with E-state index >= 15 is 0 Å². The van der Waals surface area contributed by atoms with Crippen LogP contribution in [-0.4, -0.2) is 80.3 Å². The van der Waals surface area contributed by atoms with E-state index in [1.54, 1.807) is 4.90 Å². The molecule has 1 unspecified atom stereocenters. The molecule has 27 heavy (non-hydrogen) atoms. The monoisotopic (exact) mass is 381 g/mol. The minimum Gasteiger partial charge on any atom is -0.491 e. The van der Waals surface area contributed by atoms with Crippen molar-refractivity contribution in [3.8, 4) is 5.75 Å². The molecule has 2 amide bonds. The first kappa shape index (κ1) is 22.8. The molecule has 0 heterocycles. The normalized spacial score (nSPS) is 11.9. The number of nitrogens with zero attached hydrogens (tertiary/aromatic N) is 1. The maximum atomic E-state index is 11.9. The predicted molar refractivity (Wildman–Crippen MR) is 103 cm³/mol. The number of nitrogens with one attached hydrogen (secondary N) is 2. The van der Waals surface area contributed by atoms with Crippen molar-refractivity contribution in [1.82, 2.24) is 15.5 Å². The van der Waals surface area contributed by atoms with Crippen LogP contribution in [0.1, 0.15) is 5.56 Å². The summed E-state index contributed by atoms with van der Waals surface area (Å²) in [6.07, 6.45) is -0.865. The molecule has 0 radical (unpaired) electrons. The Hall–Kier alpha value is -2.20. The standard InChI is InChI=1S/C18H31N5O4/c1-14-2-4-16(5-3-14)27-13-15(24)10-23(11-17(25)21-8-6-19)12-18(26)22-9-7-20/h2-5,15,24H,6-13,19-20H2,1H3,(H,21,25)(H,22,26). The molecule has 0 saturated carbocycles. The SMILES string of the molecule is Cc1ccc(OCC(O)CN(CC(=O)NCCN)CC(=O)NCCN)cc1. The second-order valence-corrected chi connectivity index (χ2v) is 6.22. The van der Waals surface area contributed by atoms with Crippen LogP contribution in [0, 0.1) is 6.92 Å². The summed E-state index contributed by atoms with van der Waals surface area (Å²) in [7, 11) is 0. The molecule has 1 atom stereocenters. The van der Waals surface area contributed by atoms with Crippen LogP contribution >= 0.6 is 0 Å². The van der Waals surface area contributed by atoms with Crippen LogP contribution in [-0.2, 0) is 9.59 Å². The second kappa shape index (κ2) is 13.0. The average Bonchev–Trinajstić information content (AvgIpc) is 2.64. The van der Waals surface area contributed by atoms with Gasteiger partial charge in [0, 0.05) is 32.7 Å². The Bertz CT molecular complexity index is 545. The van der Waals surface area contributed by atoms with Gasteiger partial charge in [-0.15, -0.1) is 0 Å². The molecule has 0 aliphatic heterocycles. The lowest BCUT2D eigenvalue weighted by Gasteiger charge is -2.24. The van der Waals surface area contributed by atoms with Gasteiger partial charge in [0.05, 0.1) is 13.1 Å². The van der Waals surface area contributed by atoms with Gasteiger partial charge in [-0.25, -0.2) is 0 Å². The lowest BCUT2D eigenvalue weighted by Crippen LogP contribution is -2.47. The van der Waals surface area contributed by atoms with Crippen LogP contribution in [0.3, 0.4) is 0 Å². The van der Waals surface area contributed by atoms with E-state index in [1.807, 2.05) is 31.2 Å². The number of hydrogen-bond acceptors (Lipinski definition) is 7. The molecule has 1 aromatic rings. The molecule has 0 aliphatic carbocycles. The summed E-state index contributed by atoms with van der Waals surface area (Å²) >= 11 is 0. The number of hydrogen-bond donors (Lipinski definition) is 5. The first-order valence-corrected chi connectivity index (χ1v) is 8.98.